The molecule has 0 saturated heterocycles. The molecule has 0 aliphatic carbocycles. The van der Waals surface area contributed by atoms with Gasteiger partial charge < -0.3 is 9.30 Å². The van der Waals surface area contributed by atoms with Gasteiger partial charge in [0.25, 0.3) is 0 Å². The van der Waals surface area contributed by atoms with E-state index in [9.17, 15) is 18.0 Å². The minimum Gasteiger partial charge on any atom is -0.487 e. The summed E-state index contributed by atoms with van der Waals surface area (Å²) in [7, 11) is 1.41. The van der Waals surface area contributed by atoms with E-state index in [-0.39, 0.29) is 34.8 Å². The number of carbonyl (C=O) groups excluding carboxylic acids is 1. The number of aromatic nitrogens is 4. The normalized spacial score (nSPS) is 14.7. The van der Waals surface area contributed by atoms with Gasteiger partial charge in [0, 0.05) is 48.9 Å². The summed E-state index contributed by atoms with van der Waals surface area (Å²) in [4.78, 5) is 17.8. The van der Waals surface area contributed by atoms with Gasteiger partial charge in [-0.25, -0.2) is 4.98 Å². The summed E-state index contributed by atoms with van der Waals surface area (Å²) >= 11 is 12.1. The Morgan fingerprint density at radius 1 is 1.11 bits per heavy atom. The summed E-state index contributed by atoms with van der Waals surface area (Å²) in [6.45, 7) is 1.99. The summed E-state index contributed by atoms with van der Waals surface area (Å²) in [6, 6.07) is 8.19. The molecule has 0 spiro atoms. The zero-order valence-corrected chi connectivity index (χ0v) is 21.1. The largest absolute Gasteiger partial charge is 0.487 e. The lowest BCUT2D eigenvalue weighted by Crippen LogP contribution is -2.20. The Balaban J connectivity index is 1.66. The first kappa shape index (κ1) is 25.1. The third-order valence-corrected chi connectivity index (χ3v) is 6.74. The number of ketones is 1. The second-order valence-electron chi connectivity index (χ2n) is 8.65. The predicted octanol–water partition coefficient (Wildman–Crippen LogP) is 6.62. The van der Waals surface area contributed by atoms with E-state index in [2.05, 4.69) is 10.1 Å². The Morgan fingerprint density at radius 3 is 2.54 bits per heavy atom. The Morgan fingerprint density at radius 2 is 1.86 bits per heavy atom. The topological polar surface area (TPSA) is 61.9 Å². The average Bonchev–Trinajstić information content (AvgIpc) is 3.43. The molecule has 2 aromatic heterocycles. The minimum absolute atomic E-state index is 0.0842. The highest BCUT2D eigenvalue weighted by Gasteiger charge is 2.39. The highest BCUT2D eigenvalue weighted by molar-refractivity contribution is 6.42. The molecule has 5 rings (SSSR count). The van der Waals surface area contributed by atoms with E-state index >= 15 is 0 Å². The maximum atomic E-state index is 13.9. The smallest absolute Gasteiger partial charge is 0.435 e. The van der Waals surface area contributed by atoms with Crippen molar-refractivity contribution in [2.45, 2.75) is 19.6 Å². The van der Waals surface area contributed by atoms with Crippen LogP contribution in [0, 0.1) is 6.92 Å². The van der Waals surface area contributed by atoms with Gasteiger partial charge in [-0.05, 0) is 48.4 Å². The van der Waals surface area contributed by atoms with E-state index < -0.39 is 11.9 Å². The van der Waals surface area contributed by atoms with Gasteiger partial charge in [0.15, 0.2) is 11.5 Å². The van der Waals surface area contributed by atoms with Crippen molar-refractivity contribution in [2.24, 2.45) is 7.05 Å². The molecule has 2 aromatic carbocycles. The van der Waals surface area contributed by atoms with Gasteiger partial charge >= 0.3 is 6.18 Å². The number of benzene rings is 2. The van der Waals surface area contributed by atoms with Crippen molar-refractivity contribution in [2.75, 3.05) is 6.61 Å². The molecule has 11 heteroatoms. The van der Waals surface area contributed by atoms with Gasteiger partial charge in [-0.15, -0.1) is 0 Å². The molecular weight excluding hydrogens is 528 g/mol. The van der Waals surface area contributed by atoms with Crippen molar-refractivity contribution in [3.8, 4) is 16.9 Å². The van der Waals surface area contributed by atoms with Crippen LogP contribution in [-0.4, -0.2) is 31.7 Å². The zero-order chi connectivity index (χ0) is 26.5. The van der Waals surface area contributed by atoms with Crippen molar-refractivity contribution in [3.63, 3.8) is 0 Å². The Labute approximate surface area is 219 Å². The zero-order valence-electron chi connectivity index (χ0n) is 19.6. The summed E-state index contributed by atoms with van der Waals surface area (Å²) in [5, 5.41) is 4.34. The minimum atomic E-state index is -4.70. The van der Waals surface area contributed by atoms with Gasteiger partial charge in [-0.1, -0.05) is 29.3 Å². The second kappa shape index (κ2) is 9.39. The van der Waals surface area contributed by atoms with Crippen molar-refractivity contribution in [1.82, 2.24) is 19.3 Å². The van der Waals surface area contributed by atoms with Crippen LogP contribution in [0.25, 0.3) is 17.2 Å². The van der Waals surface area contributed by atoms with Crippen molar-refractivity contribution in [3.05, 3.63) is 92.7 Å². The lowest BCUT2D eigenvalue weighted by Gasteiger charge is -2.23. The summed E-state index contributed by atoms with van der Waals surface area (Å²) in [6.07, 6.45) is 1.60. The third kappa shape index (κ3) is 4.89. The van der Waals surface area contributed by atoms with Crippen LogP contribution in [0.3, 0.4) is 0 Å². The first-order chi connectivity index (χ1) is 17.5. The molecule has 6 nitrogen and oxygen atoms in total. The van der Waals surface area contributed by atoms with Crippen molar-refractivity contribution < 1.29 is 22.7 Å². The van der Waals surface area contributed by atoms with Crippen LogP contribution in [-0.2, 0) is 19.8 Å². The number of Topliss-reactive ketones (excluding diaryl/α,β-unsaturated/α-hetero) is 1. The van der Waals surface area contributed by atoms with E-state index in [0.29, 0.717) is 33.3 Å². The van der Waals surface area contributed by atoms with E-state index in [1.807, 2.05) is 11.5 Å². The Bertz CT molecular complexity index is 1570. The molecule has 0 amide bonds. The number of imidazole rings is 1. The number of fused-ring (bicyclic) bond motifs is 1. The lowest BCUT2D eigenvalue weighted by atomic mass is 9.91. The van der Waals surface area contributed by atoms with Crippen LogP contribution in [0.5, 0.6) is 5.75 Å². The fourth-order valence-electron chi connectivity index (χ4n) is 4.27. The molecule has 37 heavy (non-hydrogen) atoms. The number of rotatable bonds is 4. The molecular formula is C26H19Cl2F3N4O2. The number of ether oxygens (including phenoxy) is 1. The molecule has 3 heterocycles. The van der Waals surface area contributed by atoms with Crippen molar-refractivity contribution in [1.29, 1.82) is 0 Å². The highest BCUT2D eigenvalue weighted by Crippen LogP contribution is 2.44. The van der Waals surface area contributed by atoms with Gasteiger partial charge in [-0.3, -0.25) is 9.48 Å². The summed E-state index contributed by atoms with van der Waals surface area (Å²) < 4.78 is 50.4. The van der Waals surface area contributed by atoms with Gasteiger partial charge in [0.05, 0.1) is 15.6 Å². The van der Waals surface area contributed by atoms with Crippen LogP contribution in [0.2, 0.25) is 10.0 Å². The van der Waals surface area contributed by atoms with E-state index in [0.717, 1.165) is 10.5 Å². The second-order valence-corrected chi connectivity index (χ2v) is 9.46. The molecule has 0 atom stereocenters. The maximum Gasteiger partial charge on any atom is 0.435 e. The molecule has 4 aromatic rings. The maximum absolute atomic E-state index is 13.9. The predicted molar refractivity (Wildman–Crippen MR) is 134 cm³/mol. The molecule has 0 radical (unpaired) electrons. The molecule has 1 aliphatic rings. The highest BCUT2D eigenvalue weighted by atomic mass is 35.5. The van der Waals surface area contributed by atoms with E-state index in [4.69, 9.17) is 27.9 Å². The molecule has 0 fully saturated rings. The number of halogens is 5. The number of hydrogen-bond donors (Lipinski definition) is 0. The van der Waals surface area contributed by atoms with Crippen LogP contribution in [0.4, 0.5) is 13.2 Å². The van der Waals surface area contributed by atoms with Crippen LogP contribution < -0.4 is 4.74 Å². The summed E-state index contributed by atoms with van der Waals surface area (Å²) in [5.41, 5.74) is 0.672. The standard InChI is InChI=1S/C26H19Cl2F3N4O2/c1-14-32-5-6-35(14)11-16-8-18(20-12-34(2)33-25(20)26(29,30)31)24-19(9-16)23(36)17(13-37-24)7-15-3-4-21(27)22(28)10-15/h3-10,12H,11,13H2,1-2H3/b17-7+. The van der Waals surface area contributed by atoms with Crippen LogP contribution >= 0.6 is 23.2 Å². The Kier molecular flexibility index (Phi) is 6.37. The lowest BCUT2D eigenvalue weighted by molar-refractivity contribution is -0.140. The summed E-state index contributed by atoms with van der Waals surface area (Å²) in [5.74, 6) is 0.454. The Hall–Kier alpha value is -3.56. The molecule has 0 saturated carbocycles. The van der Waals surface area contributed by atoms with Gasteiger partial charge in [0.2, 0.25) is 0 Å². The number of alkyl halides is 3. The molecule has 190 valence electrons. The van der Waals surface area contributed by atoms with Crippen molar-refractivity contribution >= 4 is 35.1 Å². The number of carbonyl (C=O) groups is 1. The monoisotopic (exact) mass is 546 g/mol. The number of nitrogens with zero attached hydrogens (tertiary/aromatic N) is 4. The SMILES string of the molecule is Cc1nccn1Cc1cc2c(c(-c3cn(C)nc3C(F)(F)F)c1)OC/C(=C\c1ccc(Cl)c(Cl)c1)C2=O. The quantitative estimate of drug-likeness (QED) is 0.270. The fourth-order valence-corrected chi connectivity index (χ4v) is 4.57. The molecule has 1 aliphatic heterocycles. The number of hydrogen-bond acceptors (Lipinski definition) is 4. The molecule has 0 unspecified atom stereocenters. The van der Waals surface area contributed by atoms with Crippen LogP contribution in [0.15, 0.2) is 54.5 Å². The van der Waals surface area contributed by atoms with Gasteiger partial charge in [-0.2, -0.15) is 18.3 Å². The number of aryl methyl sites for hydroxylation is 2. The van der Waals surface area contributed by atoms with Crippen LogP contribution in [0.1, 0.15) is 33.0 Å². The first-order valence-corrected chi connectivity index (χ1v) is 11.9. The fraction of sp³-hybridized carbons (Fsp3) is 0.192. The van der Waals surface area contributed by atoms with E-state index in [1.54, 1.807) is 48.8 Å². The first-order valence-electron chi connectivity index (χ1n) is 11.1. The molecule has 0 N–H and O–H groups in total. The average molecular weight is 547 g/mol. The van der Waals surface area contributed by atoms with Gasteiger partial charge in [0.1, 0.15) is 18.2 Å². The van der Waals surface area contributed by atoms with E-state index in [1.165, 1.54) is 13.2 Å². The molecule has 0 bridgehead atoms. The third-order valence-electron chi connectivity index (χ3n) is 6.01.